The molecule has 12 nitrogen and oxygen atoms in total. The van der Waals surface area contributed by atoms with Crippen molar-refractivity contribution in [2.24, 2.45) is 0 Å². The van der Waals surface area contributed by atoms with Crippen LogP contribution in [0.3, 0.4) is 0 Å². The molecule has 3 aliphatic rings. The summed E-state index contributed by atoms with van der Waals surface area (Å²) in [5.41, 5.74) is 6.49. The van der Waals surface area contributed by atoms with Crippen molar-refractivity contribution in [1.29, 1.82) is 0 Å². The van der Waals surface area contributed by atoms with Crippen LogP contribution in [0.5, 0.6) is 5.88 Å². The number of fused-ring (bicyclic) bond motifs is 2. The molecule has 0 bridgehead atoms. The van der Waals surface area contributed by atoms with Crippen LogP contribution in [0.25, 0.3) is 11.0 Å². The normalized spacial score (nSPS) is 24.2. The van der Waals surface area contributed by atoms with Gasteiger partial charge in [0.15, 0.2) is 17.7 Å². The first kappa shape index (κ1) is 32.7. The molecule has 1 saturated carbocycles. The van der Waals surface area contributed by atoms with E-state index >= 15 is 0 Å². The van der Waals surface area contributed by atoms with Gasteiger partial charge < -0.3 is 34.4 Å². The summed E-state index contributed by atoms with van der Waals surface area (Å²) in [5.74, 6) is -0.890. The van der Waals surface area contributed by atoms with Crippen molar-refractivity contribution in [2.75, 3.05) is 12.3 Å². The molecule has 0 radical (unpaired) electrons. The van der Waals surface area contributed by atoms with Gasteiger partial charge in [0.2, 0.25) is 11.8 Å². The van der Waals surface area contributed by atoms with Gasteiger partial charge in [0, 0.05) is 6.04 Å². The van der Waals surface area contributed by atoms with E-state index in [2.05, 4.69) is 89.7 Å². The zero-order valence-electron chi connectivity index (χ0n) is 28.1. The molecule has 0 spiro atoms. The van der Waals surface area contributed by atoms with Crippen LogP contribution < -0.4 is 26.2 Å². The molecule has 7 rings (SSSR count). The third-order valence-electron chi connectivity index (χ3n) is 9.55. The third-order valence-corrected chi connectivity index (χ3v) is 14.6. The maximum Gasteiger partial charge on any atom is 0.414 e. The Bertz CT molecular complexity index is 1720. The molecule has 254 valence electrons. The van der Waals surface area contributed by atoms with Crippen LogP contribution in [0, 0.1) is 0 Å². The molecular weight excluding hydrogens is 629 g/mol. The molecule has 3 fully saturated rings. The number of amides is 1. The van der Waals surface area contributed by atoms with Crippen molar-refractivity contribution >= 4 is 41.8 Å². The summed E-state index contributed by atoms with van der Waals surface area (Å²) in [7, 11) is -2.86. The van der Waals surface area contributed by atoms with Gasteiger partial charge >= 0.3 is 6.09 Å². The fourth-order valence-corrected chi connectivity index (χ4v) is 12.1. The Morgan fingerprint density at radius 1 is 1.00 bits per heavy atom. The van der Waals surface area contributed by atoms with Gasteiger partial charge in [0.05, 0.1) is 12.8 Å². The molecule has 13 heteroatoms. The van der Waals surface area contributed by atoms with Crippen molar-refractivity contribution in [2.45, 2.75) is 102 Å². The Kier molecular flexibility index (Phi) is 8.53. The number of carbonyl (C=O) groups excluding carboxylic acids is 1. The summed E-state index contributed by atoms with van der Waals surface area (Å²) in [6.45, 7) is 10.8. The molecule has 4 aromatic rings. The van der Waals surface area contributed by atoms with Gasteiger partial charge in [-0.2, -0.15) is 15.1 Å². The SMILES string of the molecule is CC1(C)O[C@@H]2[C@H](O1)[C@@H](CO[Si](c1ccccc1)(c1ccccc1)C(C)(C)C)O[C@H]2n1ncc2c(OC(=O)NC3CCCC3)nc(N)nc21. The molecule has 2 aromatic heterocycles. The molecule has 0 unspecified atom stereocenters. The Labute approximate surface area is 281 Å². The second kappa shape index (κ2) is 12.5. The molecule has 1 aliphatic carbocycles. The van der Waals surface area contributed by atoms with Crippen LogP contribution >= 0.6 is 0 Å². The van der Waals surface area contributed by atoms with Gasteiger partial charge in [-0.05, 0) is 42.1 Å². The Morgan fingerprint density at radius 2 is 1.62 bits per heavy atom. The number of nitrogens with one attached hydrogen (secondary N) is 1. The predicted octanol–water partition coefficient (Wildman–Crippen LogP) is 4.43. The van der Waals surface area contributed by atoms with Crippen molar-refractivity contribution in [3.05, 3.63) is 66.9 Å². The molecule has 4 atom stereocenters. The average molecular weight is 673 g/mol. The largest absolute Gasteiger partial charge is 0.414 e. The van der Waals surface area contributed by atoms with Crippen molar-refractivity contribution < 1.29 is 28.2 Å². The highest BCUT2D eigenvalue weighted by Gasteiger charge is 2.58. The van der Waals surface area contributed by atoms with E-state index in [0.717, 1.165) is 25.7 Å². The minimum Gasteiger partial charge on any atom is -0.405 e. The smallest absolute Gasteiger partial charge is 0.405 e. The summed E-state index contributed by atoms with van der Waals surface area (Å²) in [6, 6.07) is 21.1. The van der Waals surface area contributed by atoms with E-state index in [1.54, 1.807) is 10.9 Å². The number of ether oxygens (including phenoxy) is 4. The van der Waals surface area contributed by atoms with Gasteiger partial charge in [-0.15, -0.1) is 0 Å². The quantitative estimate of drug-likeness (QED) is 0.258. The number of hydrogen-bond acceptors (Lipinski definition) is 10. The molecule has 1 amide bonds. The lowest BCUT2D eigenvalue weighted by molar-refractivity contribution is -0.200. The van der Waals surface area contributed by atoms with Gasteiger partial charge in [-0.1, -0.05) is 94.3 Å². The first-order chi connectivity index (χ1) is 22.9. The molecule has 3 N–H and O–H groups in total. The van der Waals surface area contributed by atoms with Gasteiger partial charge in [0.1, 0.15) is 23.7 Å². The first-order valence-corrected chi connectivity index (χ1v) is 18.6. The first-order valence-electron chi connectivity index (χ1n) is 16.7. The van der Waals surface area contributed by atoms with Crippen LogP contribution in [0.15, 0.2) is 66.9 Å². The van der Waals surface area contributed by atoms with E-state index in [4.69, 9.17) is 29.1 Å². The molecule has 2 aromatic carbocycles. The second-order valence-corrected chi connectivity index (χ2v) is 18.6. The van der Waals surface area contributed by atoms with E-state index in [1.165, 1.54) is 10.4 Å². The molecule has 48 heavy (non-hydrogen) atoms. The summed E-state index contributed by atoms with van der Waals surface area (Å²) in [6.07, 6.45) is 2.80. The monoisotopic (exact) mass is 672 g/mol. The van der Waals surface area contributed by atoms with Crippen molar-refractivity contribution in [3.63, 3.8) is 0 Å². The third kappa shape index (κ3) is 5.98. The van der Waals surface area contributed by atoms with Crippen LogP contribution in [-0.4, -0.2) is 70.9 Å². The minimum absolute atomic E-state index is 0.0317. The number of hydrogen-bond donors (Lipinski definition) is 2. The number of nitrogens with zero attached hydrogens (tertiary/aromatic N) is 4. The number of rotatable bonds is 8. The summed E-state index contributed by atoms with van der Waals surface area (Å²) >= 11 is 0. The molecular formula is C35H44N6O6Si. The number of nitrogens with two attached hydrogens (primary N) is 1. The number of aromatic nitrogens is 4. The summed E-state index contributed by atoms with van der Waals surface area (Å²) < 4.78 is 34.1. The van der Waals surface area contributed by atoms with Crippen LogP contribution in [-0.2, 0) is 18.6 Å². The van der Waals surface area contributed by atoms with Crippen LogP contribution in [0.1, 0.15) is 66.5 Å². The fourth-order valence-electron chi connectivity index (χ4n) is 7.49. The highest BCUT2D eigenvalue weighted by atomic mass is 28.4. The van der Waals surface area contributed by atoms with Gasteiger partial charge in [-0.25, -0.2) is 9.48 Å². The Morgan fingerprint density at radius 3 is 2.25 bits per heavy atom. The highest BCUT2D eigenvalue weighted by molar-refractivity contribution is 6.99. The van der Waals surface area contributed by atoms with E-state index in [0.29, 0.717) is 11.0 Å². The number of anilines is 1. The predicted molar refractivity (Wildman–Crippen MR) is 182 cm³/mol. The maximum absolute atomic E-state index is 12.7. The maximum atomic E-state index is 12.7. The van der Waals surface area contributed by atoms with Crippen molar-refractivity contribution in [3.8, 4) is 5.88 Å². The Hall–Kier alpha value is -3.88. The van der Waals surface area contributed by atoms with Crippen LogP contribution in [0.4, 0.5) is 10.7 Å². The van der Waals surface area contributed by atoms with Crippen molar-refractivity contribution in [1.82, 2.24) is 25.1 Å². The van der Waals surface area contributed by atoms with E-state index in [-0.39, 0.29) is 29.5 Å². The minimum atomic E-state index is -2.86. The van der Waals surface area contributed by atoms with E-state index in [1.807, 2.05) is 26.0 Å². The van der Waals surface area contributed by atoms with Gasteiger partial charge in [-0.3, -0.25) is 0 Å². The standard InChI is InChI=1S/C35H44N6O6Si/c1-34(2,3)48(23-16-8-6-9-17-23,24-18-10-7-11-19-24)43-21-26-27-28(47-35(4,5)46-27)31(44-26)41-29-25(20-37-41)30(40-32(36)39-29)45-33(42)38-22-14-12-13-15-22/h6-11,16-20,22,26-28,31H,12-15,21H2,1-5H3,(H,38,42)(H2,36,39,40)/t26-,27-,28-,31-/m1/s1. The van der Waals surface area contributed by atoms with Gasteiger partial charge in [0.25, 0.3) is 8.32 Å². The number of nitrogen functional groups attached to an aromatic ring is 1. The molecule has 4 heterocycles. The second-order valence-electron chi connectivity index (χ2n) is 14.3. The van der Waals surface area contributed by atoms with E-state index < -0.39 is 44.7 Å². The molecule has 2 saturated heterocycles. The lowest BCUT2D eigenvalue weighted by Gasteiger charge is -2.43. The topological polar surface area (TPSA) is 145 Å². The lowest BCUT2D eigenvalue weighted by atomic mass is 10.1. The van der Waals surface area contributed by atoms with E-state index in [9.17, 15) is 4.79 Å². The van der Waals surface area contributed by atoms with Crippen LogP contribution in [0.2, 0.25) is 5.04 Å². The fraction of sp³-hybridized carbons (Fsp3) is 0.486. The summed E-state index contributed by atoms with van der Waals surface area (Å²) in [4.78, 5) is 21.4. The number of carbonyl (C=O) groups is 1. The summed E-state index contributed by atoms with van der Waals surface area (Å²) in [5, 5.41) is 10.1. The highest BCUT2D eigenvalue weighted by Crippen LogP contribution is 2.45. The lowest BCUT2D eigenvalue weighted by Crippen LogP contribution is -2.67. The average Bonchev–Trinajstić information content (AvgIpc) is 3.83. The number of benzene rings is 2. The molecule has 2 aliphatic heterocycles. The Balaban J connectivity index is 1.20. The zero-order chi connectivity index (χ0) is 33.7. The zero-order valence-corrected chi connectivity index (χ0v) is 29.1.